The van der Waals surface area contributed by atoms with Gasteiger partial charge in [-0.05, 0) is 23.8 Å². The van der Waals surface area contributed by atoms with Gasteiger partial charge in [0.15, 0.2) is 0 Å². The lowest BCUT2D eigenvalue weighted by Gasteiger charge is -2.04. The number of fused-ring (bicyclic) bond motifs is 1. The summed E-state index contributed by atoms with van der Waals surface area (Å²) < 4.78 is 1.96. The van der Waals surface area contributed by atoms with Gasteiger partial charge in [-0.15, -0.1) is 0 Å². The largest absolute Gasteiger partial charge is 0.384 e. The van der Waals surface area contributed by atoms with Crippen molar-refractivity contribution >= 4 is 16.7 Å². The summed E-state index contributed by atoms with van der Waals surface area (Å²) in [6.45, 7) is 0.709. The molecule has 0 radical (unpaired) electrons. The van der Waals surface area contributed by atoms with Crippen molar-refractivity contribution < 1.29 is 0 Å². The molecule has 0 aliphatic carbocycles. The molecule has 0 saturated heterocycles. The highest BCUT2D eigenvalue weighted by Crippen LogP contribution is 2.14. The van der Waals surface area contributed by atoms with E-state index in [4.69, 9.17) is 5.73 Å². The van der Waals surface area contributed by atoms with Gasteiger partial charge in [0.05, 0.1) is 18.3 Å². The Labute approximate surface area is 98.7 Å². The number of anilines is 1. The molecule has 3 rings (SSSR count). The van der Waals surface area contributed by atoms with Gasteiger partial charge in [-0.2, -0.15) is 5.10 Å². The second-order valence-electron chi connectivity index (χ2n) is 3.95. The molecule has 84 valence electrons. The van der Waals surface area contributed by atoms with Crippen molar-refractivity contribution in [2.45, 2.75) is 6.54 Å². The first-order valence-corrected chi connectivity index (χ1v) is 5.44. The van der Waals surface area contributed by atoms with E-state index >= 15 is 0 Å². The number of pyridine rings is 1. The minimum atomic E-state index is 0.541. The molecule has 0 aliphatic heterocycles. The van der Waals surface area contributed by atoms with Crippen LogP contribution in [0.3, 0.4) is 0 Å². The Balaban J connectivity index is 2.00. The SMILES string of the molecule is Nc1cc(Cn2ncc3ccccc32)ccn1. The fourth-order valence-electron chi connectivity index (χ4n) is 1.92. The summed E-state index contributed by atoms with van der Waals surface area (Å²) in [5.74, 6) is 0.541. The lowest BCUT2D eigenvalue weighted by molar-refractivity contribution is 0.711. The average Bonchev–Trinajstić information content (AvgIpc) is 2.73. The predicted octanol–water partition coefficient (Wildman–Crippen LogP) is 2.06. The molecule has 3 aromatic rings. The molecular formula is C13H12N4. The zero-order valence-electron chi connectivity index (χ0n) is 9.24. The Morgan fingerprint density at radius 2 is 2.06 bits per heavy atom. The molecular weight excluding hydrogens is 212 g/mol. The summed E-state index contributed by atoms with van der Waals surface area (Å²) in [6.07, 6.45) is 3.59. The number of rotatable bonds is 2. The summed E-state index contributed by atoms with van der Waals surface area (Å²) in [6, 6.07) is 12.0. The van der Waals surface area contributed by atoms with Crippen LogP contribution in [0.4, 0.5) is 5.82 Å². The molecule has 4 nitrogen and oxygen atoms in total. The third-order valence-electron chi connectivity index (χ3n) is 2.73. The van der Waals surface area contributed by atoms with E-state index in [1.54, 1.807) is 6.20 Å². The van der Waals surface area contributed by atoms with Gasteiger partial charge >= 0.3 is 0 Å². The van der Waals surface area contributed by atoms with Gasteiger partial charge in [-0.3, -0.25) is 4.68 Å². The smallest absolute Gasteiger partial charge is 0.123 e. The number of nitrogens with zero attached hydrogens (tertiary/aromatic N) is 3. The van der Waals surface area contributed by atoms with Gasteiger partial charge in [0.2, 0.25) is 0 Å². The first kappa shape index (κ1) is 9.84. The van der Waals surface area contributed by atoms with Crippen molar-refractivity contribution in [3.8, 4) is 0 Å². The molecule has 0 amide bonds. The second kappa shape index (κ2) is 3.90. The molecule has 0 atom stereocenters. The first-order valence-electron chi connectivity index (χ1n) is 5.44. The van der Waals surface area contributed by atoms with Gasteiger partial charge in [0.1, 0.15) is 5.82 Å². The van der Waals surface area contributed by atoms with Crippen molar-refractivity contribution in [1.82, 2.24) is 14.8 Å². The van der Waals surface area contributed by atoms with Gasteiger partial charge < -0.3 is 5.73 Å². The standard InChI is InChI=1S/C13H12N4/c14-13-7-10(5-6-15-13)9-17-12-4-2-1-3-11(12)8-16-17/h1-8H,9H2,(H2,14,15). The Morgan fingerprint density at radius 3 is 2.94 bits per heavy atom. The molecule has 0 spiro atoms. The zero-order valence-corrected chi connectivity index (χ0v) is 9.24. The van der Waals surface area contributed by atoms with Crippen molar-refractivity contribution in [1.29, 1.82) is 0 Å². The maximum Gasteiger partial charge on any atom is 0.123 e. The topological polar surface area (TPSA) is 56.7 Å². The fourth-order valence-corrected chi connectivity index (χ4v) is 1.92. The number of nitrogen functional groups attached to an aromatic ring is 1. The number of aromatic nitrogens is 3. The van der Waals surface area contributed by atoms with Crippen LogP contribution in [0.25, 0.3) is 10.9 Å². The number of para-hydroxylation sites is 1. The number of hydrogen-bond acceptors (Lipinski definition) is 3. The van der Waals surface area contributed by atoms with Crippen LogP contribution in [-0.2, 0) is 6.54 Å². The highest BCUT2D eigenvalue weighted by Gasteiger charge is 2.02. The summed E-state index contributed by atoms with van der Waals surface area (Å²) in [5, 5.41) is 5.52. The highest BCUT2D eigenvalue weighted by molar-refractivity contribution is 5.78. The Hall–Kier alpha value is -2.36. The van der Waals surface area contributed by atoms with Crippen LogP contribution in [-0.4, -0.2) is 14.8 Å². The molecule has 0 bridgehead atoms. The number of nitrogens with two attached hydrogens (primary N) is 1. The van der Waals surface area contributed by atoms with E-state index in [0.717, 1.165) is 16.5 Å². The molecule has 2 aromatic heterocycles. The van der Waals surface area contributed by atoms with E-state index in [1.165, 1.54) is 0 Å². The summed E-state index contributed by atoms with van der Waals surface area (Å²) in [4.78, 5) is 3.98. The molecule has 1 aromatic carbocycles. The number of hydrogen-bond donors (Lipinski definition) is 1. The normalized spacial score (nSPS) is 10.8. The molecule has 0 aliphatic rings. The molecule has 0 saturated carbocycles. The molecule has 17 heavy (non-hydrogen) atoms. The minimum Gasteiger partial charge on any atom is -0.384 e. The summed E-state index contributed by atoms with van der Waals surface area (Å²) in [7, 11) is 0. The number of benzene rings is 1. The third-order valence-corrected chi connectivity index (χ3v) is 2.73. The Bertz CT molecular complexity index is 657. The third kappa shape index (κ3) is 1.85. The second-order valence-corrected chi connectivity index (χ2v) is 3.95. The van der Waals surface area contributed by atoms with Crippen LogP contribution in [0.2, 0.25) is 0 Å². The van der Waals surface area contributed by atoms with Crippen LogP contribution in [0.1, 0.15) is 5.56 Å². The van der Waals surface area contributed by atoms with E-state index in [0.29, 0.717) is 12.4 Å². The van der Waals surface area contributed by atoms with E-state index in [1.807, 2.05) is 35.1 Å². The van der Waals surface area contributed by atoms with Crippen molar-refractivity contribution in [3.05, 3.63) is 54.4 Å². The maximum atomic E-state index is 5.66. The lowest BCUT2D eigenvalue weighted by Crippen LogP contribution is -2.02. The van der Waals surface area contributed by atoms with E-state index < -0.39 is 0 Å². The van der Waals surface area contributed by atoms with Crippen LogP contribution in [0, 0.1) is 0 Å². The highest BCUT2D eigenvalue weighted by atomic mass is 15.3. The van der Waals surface area contributed by atoms with Crippen LogP contribution < -0.4 is 5.73 Å². The van der Waals surface area contributed by atoms with Gasteiger partial charge in [-0.1, -0.05) is 18.2 Å². The van der Waals surface area contributed by atoms with Gasteiger partial charge in [0, 0.05) is 11.6 Å². The monoisotopic (exact) mass is 224 g/mol. The molecule has 2 heterocycles. The quantitative estimate of drug-likeness (QED) is 0.724. The van der Waals surface area contributed by atoms with Crippen LogP contribution in [0.5, 0.6) is 0 Å². The van der Waals surface area contributed by atoms with Gasteiger partial charge in [0.25, 0.3) is 0 Å². The lowest BCUT2D eigenvalue weighted by atomic mass is 10.2. The minimum absolute atomic E-state index is 0.541. The fraction of sp³-hybridized carbons (Fsp3) is 0.0769. The Kier molecular flexibility index (Phi) is 2.26. The van der Waals surface area contributed by atoms with Crippen molar-refractivity contribution in [2.24, 2.45) is 0 Å². The molecule has 4 heteroatoms. The molecule has 2 N–H and O–H groups in total. The summed E-state index contributed by atoms with van der Waals surface area (Å²) >= 11 is 0. The predicted molar refractivity (Wildman–Crippen MR) is 67.5 cm³/mol. The summed E-state index contributed by atoms with van der Waals surface area (Å²) in [5.41, 5.74) is 7.89. The van der Waals surface area contributed by atoms with E-state index in [2.05, 4.69) is 22.2 Å². The maximum absolute atomic E-state index is 5.66. The van der Waals surface area contributed by atoms with Crippen LogP contribution in [0.15, 0.2) is 48.8 Å². The molecule has 0 fully saturated rings. The van der Waals surface area contributed by atoms with Crippen LogP contribution >= 0.6 is 0 Å². The average molecular weight is 224 g/mol. The molecule has 0 unspecified atom stereocenters. The van der Waals surface area contributed by atoms with Gasteiger partial charge in [-0.25, -0.2) is 4.98 Å². The first-order chi connectivity index (χ1) is 8.33. The van der Waals surface area contributed by atoms with E-state index in [9.17, 15) is 0 Å². The van der Waals surface area contributed by atoms with Crippen molar-refractivity contribution in [3.63, 3.8) is 0 Å². The Morgan fingerprint density at radius 1 is 1.18 bits per heavy atom. The zero-order chi connectivity index (χ0) is 11.7. The van der Waals surface area contributed by atoms with Crippen molar-refractivity contribution in [2.75, 3.05) is 5.73 Å². The van der Waals surface area contributed by atoms with E-state index in [-0.39, 0.29) is 0 Å².